The highest BCUT2D eigenvalue weighted by molar-refractivity contribution is 5.29. The number of hydrogen-bond donors (Lipinski definition) is 0. The van der Waals surface area contributed by atoms with Crippen LogP contribution >= 0.6 is 0 Å². The van der Waals surface area contributed by atoms with Gasteiger partial charge in [0.25, 0.3) is 0 Å². The van der Waals surface area contributed by atoms with Crippen molar-refractivity contribution in [2.45, 2.75) is 96.3 Å². The van der Waals surface area contributed by atoms with E-state index in [9.17, 15) is 0 Å². The molecular weight excluding hydrogens is 292 g/mol. The first-order valence-corrected chi connectivity index (χ1v) is 10.4. The zero-order valence-corrected chi connectivity index (χ0v) is 15.8. The third kappa shape index (κ3) is 7.73. The van der Waals surface area contributed by atoms with E-state index in [4.69, 9.17) is 4.74 Å². The van der Waals surface area contributed by atoms with Crippen LogP contribution in [-0.4, -0.2) is 6.61 Å². The van der Waals surface area contributed by atoms with Gasteiger partial charge in [0, 0.05) is 0 Å². The average molecular weight is 330 g/mol. The maximum absolute atomic E-state index is 5.90. The van der Waals surface area contributed by atoms with Crippen molar-refractivity contribution >= 4 is 0 Å². The maximum atomic E-state index is 5.90. The fourth-order valence-electron chi connectivity index (χ4n) is 3.70. The fourth-order valence-corrected chi connectivity index (χ4v) is 3.70. The van der Waals surface area contributed by atoms with Crippen molar-refractivity contribution in [2.24, 2.45) is 0 Å². The van der Waals surface area contributed by atoms with E-state index in [1.807, 2.05) is 0 Å². The van der Waals surface area contributed by atoms with Crippen LogP contribution in [0, 0.1) is 6.42 Å². The van der Waals surface area contributed by atoms with Gasteiger partial charge in [-0.1, -0.05) is 70.4 Å². The van der Waals surface area contributed by atoms with Gasteiger partial charge in [-0.15, -0.1) is 0 Å². The predicted molar refractivity (Wildman–Crippen MR) is 105 cm³/mol. The molecule has 1 heteroatoms. The zero-order chi connectivity index (χ0) is 16.9. The average Bonchev–Trinajstić information content (AvgIpc) is 2.64. The molecule has 0 saturated heterocycles. The van der Waals surface area contributed by atoms with Gasteiger partial charge in [-0.25, -0.2) is 0 Å². The summed E-state index contributed by atoms with van der Waals surface area (Å²) in [6, 6.07) is 8.89. The third-order valence-corrected chi connectivity index (χ3v) is 5.31. The summed E-state index contributed by atoms with van der Waals surface area (Å²) in [5.41, 5.74) is 1.50. The smallest absolute Gasteiger partial charge is 0.119 e. The molecule has 0 atom stereocenters. The number of rotatable bonds is 12. The molecule has 1 fully saturated rings. The third-order valence-electron chi connectivity index (χ3n) is 5.31. The molecule has 1 aromatic carbocycles. The molecule has 0 unspecified atom stereocenters. The van der Waals surface area contributed by atoms with Crippen LogP contribution in [0.3, 0.4) is 0 Å². The molecule has 1 saturated carbocycles. The Balaban J connectivity index is 1.50. The largest absolute Gasteiger partial charge is 0.494 e. The lowest BCUT2D eigenvalue weighted by Crippen LogP contribution is -2.05. The van der Waals surface area contributed by atoms with Gasteiger partial charge < -0.3 is 4.74 Å². The molecule has 0 amide bonds. The fraction of sp³-hybridized carbons (Fsp3) is 0.696. The van der Waals surface area contributed by atoms with E-state index in [1.54, 1.807) is 0 Å². The van der Waals surface area contributed by atoms with E-state index in [0.29, 0.717) is 0 Å². The van der Waals surface area contributed by atoms with Crippen LogP contribution in [0.1, 0.15) is 102 Å². The highest BCUT2D eigenvalue weighted by Gasteiger charge is 2.15. The van der Waals surface area contributed by atoms with E-state index >= 15 is 0 Å². The van der Waals surface area contributed by atoms with Gasteiger partial charge in [0.15, 0.2) is 0 Å². The Labute approximate surface area is 150 Å². The maximum Gasteiger partial charge on any atom is 0.119 e. The normalized spacial score (nSPS) is 15.5. The number of hydrogen-bond acceptors (Lipinski definition) is 1. The molecule has 1 aliphatic carbocycles. The second-order valence-electron chi connectivity index (χ2n) is 7.39. The minimum absolute atomic E-state index is 0.765. The van der Waals surface area contributed by atoms with Gasteiger partial charge in [-0.05, 0) is 62.1 Å². The SMILES string of the molecule is CCCCCCCCCCCOc1ccc(C2CC[CH]CC2)cc1. The first-order valence-electron chi connectivity index (χ1n) is 10.4. The summed E-state index contributed by atoms with van der Waals surface area (Å²) in [5.74, 6) is 1.81. The number of benzene rings is 1. The van der Waals surface area contributed by atoms with Crippen molar-refractivity contribution in [2.75, 3.05) is 6.61 Å². The van der Waals surface area contributed by atoms with Crippen molar-refractivity contribution in [1.82, 2.24) is 0 Å². The van der Waals surface area contributed by atoms with Crippen LogP contribution in [-0.2, 0) is 0 Å². The molecule has 1 nitrogen and oxygen atoms in total. The highest BCUT2D eigenvalue weighted by atomic mass is 16.5. The summed E-state index contributed by atoms with van der Waals surface area (Å²) >= 11 is 0. The van der Waals surface area contributed by atoms with Crippen molar-refractivity contribution < 1.29 is 4.74 Å². The molecule has 24 heavy (non-hydrogen) atoms. The molecule has 0 N–H and O–H groups in total. The molecule has 2 rings (SSSR count). The Bertz CT molecular complexity index is 403. The Morgan fingerprint density at radius 1 is 0.792 bits per heavy atom. The summed E-state index contributed by atoms with van der Waals surface area (Å²) in [5, 5.41) is 0. The van der Waals surface area contributed by atoms with Crippen molar-refractivity contribution in [3.05, 3.63) is 36.2 Å². The zero-order valence-electron chi connectivity index (χ0n) is 15.8. The number of ether oxygens (including phenoxy) is 1. The molecule has 1 aliphatic rings. The summed E-state index contributed by atoms with van der Waals surface area (Å²) in [6.07, 6.45) is 19.9. The molecule has 135 valence electrons. The van der Waals surface area contributed by atoms with Crippen molar-refractivity contribution in [3.8, 4) is 5.75 Å². The molecule has 0 aliphatic heterocycles. The first kappa shape index (κ1) is 19.3. The first-order chi connectivity index (χ1) is 11.9. The quantitative estimate of drug-likeness (QED) is 0.362. The Morgan fingerprint density at radius 2 is 1.38 bits per heavy atom. The lowest BCUT2D eigenvalue weighted by Gasteiger charge is -2.21. The van der Waals surface area contributed by atoms with Gasteiger partial charge in [0.1, 0.15) is 5.75 Å². The highest BCUT2D eigenvalue weighted by Crippen LogP contribution is 2.32. The Morgan fingerprint density at radius 3 is 2.00 bits per heavy atom. The van der Waals surface area contributed by atoms with E-state index in [1.165, 1.54) is 89.0 Å². The Hall–Kier alpha value is -0.980. The van der Waals surface area contributed by atoms with Crippen molar-refractivity contribution in [1.29, 1.82) is 0 Å². The minimum atomic E-state index is 0.765. The topological polar surface area (TPSA) is 9.23 Å². The molecule has 1 aromatic rings. The van der Waals surface area contributed by atoms with Gasteiger partial charge in [-0.2, -0.15) is 0 Å². The van der Waals surface area contributed by atoms with Crippen LogP contribution in [0.5, 0.6) is 5.75 Å². The lowest BCUT2D eigenvalue weighted by molar-refractivity contribution is 0.304. The molecule has 0 spiro atoms. The molecule has 0 aromatic heterocycles. The molecular formula is C23H37O. The molecule has 0 bridgehead atoms. The minimum Gasteiger partial charge on any atom is -0.494 e. The van der Waals surface area contributed by atoms with Crippen LogP contribution < -0.4 is 4.74 Å². The second-order valence-corrected chi connectivity index (χ2v) is 7.39. The summed E-state index contributed by atoms with van der Waals surface area (Å²) < 4.78 is 5.90. The molecule has 1 radical (unpaired) electrons. The number of unbranched alkanes of at least 4 members (excludes halogenated alkanes) is 8. The van der Waals surface area contributed by atoms with E-state index in [0.717, 1.165) is 18.3 Å². The second kappa shape index (κ2) is 12.4. The summed E-state index contributed by atoms with van der Waals surface area (Å²) in [7, 11) is 0. The van der Waals surface area contributed by atoms with E-state index in [2.05, 4.69) is 37.6 Å². The standard InChI is InChI=1S/C23H37O/c1-2-3-4-5-6-7-8-9-13-20-24-23-18-16-22(17-19-23)21-14-11-10-12-15-21/h10,16-19,21H,2-9,11-15,20H2,1H3. The van der Waals surface area contributed by atoms with Crippen LogP contribution in [0.4, 0.5) is 0 Å². The van der Waals surface area contributed by atoms with E-state index in [-0.39, 0.29) is 0 Å². The summed E-state index contributed by atoms with van der Waals surface area (Å²) in [6.45, 7) is 3.15. The molecule has 0 heterocycles. The summed E-state index contributed by atoms with van der Waals surface area (Å²) in [4.78, 5) is 0. The predicted octanol–water partition coefficient (Wildman–Crippen LogP) is 7.46. The van der Waals surface area contributed by atoms with Gasteiger partial charge in [0.2, 0.25) is 0 Å². The van der Waals surface area contributed by atoms with Crippen LogP contribution in [0.15, 0.2) is 24.3 Å². The van der Waals surface area contributed by atoms with Gasteiger partial charge in [0.05, 0.1) is 6.61 Å². The van der Waals surface area contributed by atoms with Gasteiger partial charge >= 0.3 is 0 Å². The Kier molecular flexibility index (Phi) is 9.99. The lowest BCUT2D eigenvalue weighted by atomic mass is 9.84. The van der Waals surface area contributed by atoms with E-state index < -0.39 is 0 Å². The van der Waals surface area contributed by atoms with Gasteiger partial charge in [-0.3, -0.25) is 0 Å². The monoisotopic (exact) mass is 329 g/mol. The van der Waals surface area contributed by atoms with Crippen LogP contribution in [0.2, 0.25) is 0 Å². The van der Waals surface area contributed by atoms with Crippen LogP contribution in [0.25, 0.3) is 0 Å². The van der Waals surface area contributed by atoms with Crippen molar-refractivity contribution in [3.63, 3.8) is 0 Å².